The third-order valence-corrected chi connectivity index (χ3v) is 5.14. The van der Waals surface area contributed by atoms with Crippen LogP contribution < -0.4 is 15.5 Å². The molecule has 1 aliphatic heterocycles. The van der Waals surface area contributed by atoms with Crippen LogP contribution in [-0.4, -0.2) is 32.6 Å². The summed E-state index contributed by atoms with van der Waals surface area (Å²) in [5.41, 5.74) is 7.88. The Bertz CT molecular complexity index is 523. The van der Waals surface area contributed by atoms with Crippen molar-refractivity contribution in [1.29, 1.82) is 0 Å². The lowest BCUT2D eigenvalue weighted by Crippen LogP contribution is -2.52. The molecule has 0 spiro atoms. The minimum atomic E-state index is -0.332. The highest BCUT2D eigenvalue weighted by Crippen LogP contribution is 2.40. The fraction of sp³-hybridized carbons (Fsp3) is 0.588. The van der Waals surface area contributed by atoms with E-state index in [1.807, 2.05) is 17.0 Å². The Morgan fingerprint density at radius 2 is 1.81 bits per heavy atom. The van der Waals surface area contributed by atoms with Gasteiger partial charge < -0.3 is 15.5 Å². The van der Waals surface area contributed by atoms with Crippen LogP contribution in [0.25, 0.3) is 0 Å². The van der Waals surface area contributed by atoms with Crippen molar-refractivity contribution in [3.05, 3.63) is 24.3 Å². The largest absolute Gasteiger partial charge is 0.371 e. The zero-order valence-corrected chi connectivity index (χ0v) is 12.8. The normalized spacial score (nSPS) is 21.0. The predicted molar refractivity (Wildman–Crippen MR) is 86.6 cm³/mol. The summed E-state index contributed by atoms with van der Waals surface area (Å²) < 4.78 is 0. The summed E-state index contributed by atoms with van der Waals surface area (Å²) in [4.78, 5) is 17.4. The molecule has 0 radical (unpaired) electrons. The van der Waals surface area contributed by atoms with Crippen LogP contribution in [0, 0.1) is 5.41 Å². The van der Waals surface area contributed by atoms with Crippen molar-refractivity contribution < 1.29 is 4.79 Å². The summed E-state index contributed by atoms with van der Waals surface area (Å²) in [7, 11) is 2.08. The van der Waals surface area contributed by atoms with E-state index in [1.54, 1.807) is 0 Å². The second-order valence-electron chi connectivity index (χ2n) is 6.41. The first-order valence-corrected chi connectivity index (χ1v) is 8.00. The smallest absolute Gasteiger partial charge is 0.234 e. The SMILES string of the molecule is CN1CCN(C(=O)C2(CN)CCCCC2)c2ccccc21. The highest BCUT2D eigenvalue weighted by molar-refractivity contribution is 6.01. The molecule has 0 unspecified atom stereocenters. The molecule has 0 saturated heterocycles. The molecule has 21 heavy (non-hydrogen) atoms. The summed E-state index contributed by atoms with van der Waals surface area (Å²) in [6, 6.07) is 8.18. The lowest BCUT2D eigenvalue weighted by Gasteiger charge is -2.42. The highest BCUT2D eigenvalue weighted by atomic mass is 16.2. The monoisotopic (exact) mass is 287 g/mol. The molecule has 1 saturated carbocycles. The van der Waals surface area contributed by atoms with Gasteiger partial charge in [0.1, 0.15) is 0 Å². The van der Waals surface area contributed by atoms with Crippen molar-refractivity contribution in [2.45, 2.75) is 32.1 Å². The van der Waals surface area contributed by atoms with Crippen LogP contribution in [0.1, 0.15) is 32.1 Å². The van der Waals surface area contributed by atoms with Crippen LogP contribution in [0.5, 0.6) is 0 Å². The molecule has 1 heterocycles. The van der Waals surface area contributed by atoms with Gasteiger partial charge in [0, 0.05) is 26.7 Å². The van der Waals surface area contributed by atoms with Crippen molar-refractivity contribution >= 4 is 17.3 Å². The quantitative estimate of drug-likeness (QED) is 0.908. The van der Waals surface area contributed by atoms with Crippen molar-refractivity contribution in [2.24, 2.45) is 11.1 Å². The van der Waals surface area contributed by atoms with Crippen molar-refractivity contribution in [3.8, 4) is 0 Å². The van der Waals surface area contributed by atoms with Gasteiger partial charge in [-0.05, 0) is 25.0 Å². The molecule has 0 aromatic heterocycles. The highest BCUT2D eigenvalue weighted by Gasteiger charge is 2.42. The second-order valence-corrected chi connectivity index (χ2v) is 6.41. The number of hydrogen-bond donors (Lipinski definition) is 1. The Hall–Kier alpha value is -1.55. The molecule has 1 amide bonds. The van der Waals surface area contributed by atoms with E-state index < -0.39 is 0 Å². The lowest BCUT2D eigenvalue weighted by atomic mass is 9.73. The Morgan fingerprint density at radius 3 is 2.48 bits per heavy atom. The van der Waals surface area contributed by atoms with Crippen molar-refractivity contribution in [2.75, 3.05) is 36.5 Å². The molecule has 0 bridgehead atoms. The van der Waals surface area contributed by atoms with Gasteiger partial charge >= 0.3 is 0 Å². The fourth-order valence-electron chi connectivity index (χ4n) is 3.74. The van der Waals surface area contributed by atoms with Gasteiger partial charge in [-0.1, -0.05) is 31.4 Å². The first-order chi connectivity index (χ1) is 10.2. The zero-order chi connectivity index (χ0) is 14.9. The summed E-state index contributed by atoms with van der Waals surface area (Å²) in [6.45, 7) is 2.11. The molecule has 0 atom stereocenters. The zero-order valence-electron chi connectivity index (χ0n) is 12.8. The average molecular weight is 287 g/mol. The summed E-state index contributed by atoms with van der Waals surface area (Å²) in [5, 5.41) is 0. The molecule has 1 aromatic carbocycles. The number of likely N-dealkylation sites (N-methyl/N-ethyl adjacent to an activating group) is 1. The number of rotatable bonds is 2. The van der Waals surface area contributed by atoms with Crippen LogP contribution in [0.3, 0.4) is 0 Å². The van der Waals surface area contributed by atoms with Crippen LogP contribution in [0.4, 0.5) is 11.4 Å². The predicted octanol–water partition coefficient (Wildman–Crippen LogP) is 2.38. The van der Waals surface area contributed by atoms with Gasteiger partial charge in [-0.25, -0.2) is 0 Å². The standard InChI is InChI=1S/C17H25N3O/c1-19-11-12-20(15-8-4-3-7-14(15)19)16(21)17(13-18)9-5-2-6-10-17/h3-4,7-8H,2,5-6,9-13,18H2,1H3. The summed E-state index contributed by atoms with van der Waals surface area (Å²) in [6.07, 6.45) is 5.36. The minimum Gasteiger partial charge on any atom is -0.371 e. The Morgan fingerprint density at radius 1 is 1.14 bits per heavy atom. The van der Waals surface area contributed by atoms with E-state index in [2.05, 4.69) is 24.1 Å². The molecule has 1 fully saturated rings. The van der Waals surface area contributed by atoms with Gasteiger partial charge in [0.05, 0.1) is 16.8 Å². The van der Waals surface area contributed by atoms with E-state index in [0.717, 1.165) is 50.1 Å². The number of fused-ring (bicyclic) bond motifs is 1. The van der Waals surface area contributed by atoms with E-state index in [9.17, 15) is 4.79 Å². The first kappa shape index (κ1) is 14.4. The second kappa shape index (κ2) is 5.68. The Balaban J connectivity index is 1.93. The molecule has 1 aromatic rings. The molecular weight excluding hydrogens is 262 g/mol. The summed E-state index contributed by atoms with van der Waals surface area (Å²) >= 11 is 0. The van der Waals surface area contributed by atoms with Gasteiger partial charge in [0.25, 0.3) is 0 Å². The summed E-state index contributed by atoms with van der Waals surface area (Å²) in [5.74, 6) is 0.241. The van der Waals surface area contributed by atoms with Gasteiger partial charge in [0.2, 0.25) is 5.91 Å². The van der Waals surface area contributed by atoms with E-state index in [-0.39, 0.29) is 11.3 Å². The van der Waals surface area contributed by atoms with Gasteiger partial charge in [-0.2, -0.15) is 0 Å². The maximum atomic E-state index is 13.2. The Kier molecular flexibility index (Phi) is 3.89. The first-order valence-electron chi connectivity index (χ1n) is 8.00. The number of nitrogens with zero attached hydrogens (tertiary/aromatic N) is 2. The van der Waals surface area contributed by atoms with E-state index in [4.69, 9.17) is 5.73 Å². The number of benzene rings is 1. The molecule has 1 aliphatic carbocycles. The fourth-order valence-corrected chi connectivity index (χ4v) is 3.74. The lowest BCUT2D eigenvalue weighted by molar-refractivity contribution is -0.129. The maximum Gasteiger partial charge on any atom is 0.234 e. The minimum absolute atomic E-state index is 0.241. The van der Waals surface area contributed by atoms with E-state index in [0.29, 0.717) is 6.54 Å². The van der Waals surface area contributed by atoms with Crippen molar-refractivity contribution in [1.82, 2.24) is 0 Å². The van der Waals surface area contributed by atoms with E-state index >= 15 is 0 Å². The average Bonchev–Trinajstić information content (AvgIpc) is 2.55. The van der Waals surface area contributed by atoms with Crippen LogP contribution in [0.2, 0.25) is 0 Å². The molecule has 2 aliphatic rings. The molecule has 3 rings (SSSR count). The number of para-hydroxylation sites is 2. The maximum absolute atomic E-state index is 13.2. The van der Waals surface area contributed by atoms with Crippen molar-refractivity contribution in [3.63, 3.8) is 0 Å². The van der Waals surface area contributed by atoms with E-state index in [1.165, 1.54) is 6.42 Å². The molecule has 4 nitrogen and oxygen atoms in total. The number of nitrogens with two attached hydrogens (primary N) is 1. The number of hydrogen-bond acceptors (Lipinski definition) is 3. The molecule has 114 valence electrons. The third kappa shape index (κ3) is 2.42. The van der Waals surface area contributed by atoms with Gasteiger partial charge in [0.15, 0.2) is 0 Å². The molecule has 2 N–H and O–H groups in total. The number of carbonyl (C=O) groups excluding carboxylic acids is 1. The Labute approximate surface area is 126 Å². The van der Waals surface area contributed by atoms with Gasteiger partial charge in [-0.3, -0.25) is 4.79 Å². The number of anilines is 2. The van der Waals surface area contributed by atoms with Crippen LogP contribution in [-0.2, 0) is 4.79 Å². The van der Waals surface area contributed by atoms with Gasteiger partial charge in [-0.15, -0.1) is 0 Å². The molecule has 4 heteroatoms. The number of carbonyl (C=O) groups is 1. The van der Waals surface area contributed by atoms with Crippen LogP contribution in [0.15, 0.2) is 24.3 Å². The third-order valence-electron chi connectivity index (χ3n) is 5.14. The van der Waals surface area contributed by atoms with Crippen LogP contribution >= 0.6 is 0 Å². The number of amides is 1. The topological polar surface area (TPSA) is 49.6 Å². The molecular formula is C17H25N3O.